The monoisotopic (exact) mass is 397 g/mol. The van der Waals surface area contributed by atoms with E-state index in [1.54, 1.807) is 6.08 Å². The van der Waals surface area contributed by atoms with E-state index in [-0.39, 0.29) is 17.5 Å². The molecule has 0 saturated carbocycles. The van der Waals surface area contributed by atoms with Crippen LogP contribution in [-0.2, 0) is 4.79 Å². The molecule has 30 heavy (non-hydrogen) atoms. The summed E-state index contributed by atoms with van der Waals surface area (Å²) in [7, 11) is 0. The highest BCUT2D eigenvalue weighted by molar-refractivity contribution is 6.02. The molecule has 0 aliphatic rings. The highest BCUT2D eigenvalue weighted by atomic mass is 16.1. The van der Waals surface area contributed by atoms with Gasteiger partial charge in [0.1, 0.15) is 11.6 Å². The number of benzene rings is 2. The molecule has 0 aliphatic carbocycles. The molecule has 2 aromatic carbocycles. The molecule has 0 spiro atoms. The first kappa shape index (κ1) is 21.1. The molecule has 0 bridgehead atoms. The lowest BCUT2D eigenvalue weighted by Gasteiger charge is -2.14. The third-order valence-electron chi connectivity index (χ3n) is 5.53. The normalized spacial score (nSPS) is 12.3. The van der Waals surface area contributed by atoms with Gasteiger partial charge in [-0.2, -0.15) is 5.26 Å². The van der Waals surface area contributed by atoms with Crippen LogP contribution in [-0.4, -0.2) is 10.5 Å². The van der Waals surface area contributed by atoms with Gasteiger partial charge in [0.25, 0.3) is 5.91 Å². The maximum absolute atomic E-state index is 12.7. The second-order valence-electron chi connectivity index (χ2n) is 7.71. The van der Waals surface area contributed by atoms with Crippen molar-refractivity contribution in [2.45, 2.75) is 40.7 Å². The van der Waals surface area contributed by atoms with E-state index in [0.29, 0.717) is 0 Å². The number of carbonyl (C=O) groups excluding carboxylic acids is 1. The number of carbonyl (C=O) groups is 1. The molecule has 152 valence electrons. The number of nitrogens with zero attached hydrogens (tertiary/aromatic N) is 2. The SMILES string of the molecule is Cc1ccc(-n2c(C)cc(/C=C(\C#N)C(=O)N[C@H](C)c3ccccc3)c2C)cc1C. The van der Waals surface area contributed by atoms with Crippen LogP contribution < -0.4 is 5.32 Å². The molecule has 4 nitrogen and oxygen atoms in total. The number of hydrogen-bond donors (Lipinski definition) is 1. The Balaban J connectivity index is 1.90. The lowest BCUT2D eigenvalue weighted by atomic mass is 10.1. The first-order valence-corrected chi connectivity index (χ1v) is 10.1. The second kappa shape index (κ2) is 8.84. The summed E-state index contributed by atoms with van der Waals surface area (Å²) >= 11 is 0. The summed E-state index contributed by atoms with van der Waals surface area (Å²) in [6, 6.07) is 20.0. The van der Waals surface area contributed by atoms with Crippen molar-refractivity contribution in [2.24, 2.45) is 0 Å². The molecular weight excluding hydrogens is 370 g/mol. The zero-order valence-electron chi connectivity index (χ0n) is 18.2. The lowest BCUT2D eigenvalue weighted by Crippen LogP contribution is -2.27. The molecule has 1 N–H and O–H groups in total. The average molecular weight is 398 g/mol. The number of aromatic nitrogens is 1. The van der Waals surface area contributed by atoms with Crippen LogP contribution in [0, 0.1) is 39.0 Å². The van der Waals surface area contributed by atoms with Gasteiger partial charge in [0.05, 0.1) is 6.04 Å². The molecule has 0 fully saturated rings. The van der Waals surface area contributed by atoms with Gasteiger partial charge < -0.3 is 9.88 Å². The number of rotatable bonds is 5. The largest absolute Gasteiger partial charge is 0.345 e. The summed E-state index contributed by atoms with van der Waals surface area (Å²) in [5.41, 5.74) is 7.55. The van der Waals surface area contributed by atoms with E-state index < -0.39 is 0 Å². The number of nitrogens with one attached hydrogen (secondary N) is 1. The van der Waals surface area contributed by atoms with Crippen molar-refractivity contribution in [2.75, 3.05) is 0 Å². The predicted octanol–water partition coefficient (Wildman–Crippen LogP) is 5.50. The van der Waals surface area contributed by atoms with E-state index in [9.17, 15) is 10.1 Å². The van der Waals surface area contributed by atoms with Gasteiger partial charge in [-0.1, -0.05) is 36.4 Å². The van der Waals surface area contributed by atoms with Gasteiger partial charge >= 0.3 is 0 Å². The van der Waals surface area contributed by atoms with E-state index in [2.05, 4.69) is 48.0 Å². The number of amides is 1. The maximum Gasteiger partial charge on any atom is 0.262 e. The highest BCUT2D eigenvalue weighted by Gasteiger charge is 2.16. The van der Waals surface area contributed by atoms with E-state index >= 15 is 0 Å². The fraction of sp³-hybridized carbons (Fsp3) is 0.231. The summed E-state index contributed by atoms with van der Waals surface area (Å²) in [5.74, 6) is -0.371. The van der Waals surface area contributed by atoms with E-state index in [1.165, 1.54) is 11.1 Å². The Labute approximate surface area is 178 Å². The minimum atomic E-state index is -0.371. The molecule has 3 rings (SSSR count). The summed E-state index contributed by atoms with van der Waals surface area (Å²) < 4.78 is 2.15. The van der Waals surface area contributed by atoms with Crippen LogP contribution >= 0.6 is 0 Å². The number of nitriles is 1. The Morgan fingerprint density at radius 2 is 1.73 bits per heavy atom. The van der Waals surface area contributed by atoms with Crippen molar-refractivity contribution in [3.63, 3.8) is 0 Å². The smallest absolute Gasteiger partial charge is 0.262 e. The Hall–Kier alpha value is -3.58. The van der Waals surface area contributed by atoms with Gasteiger partial charge in [-0.15, -0.1) is 0 Å². The predicted molar refractivity (Wildman–Crippen MR) is 121 cm³/mol. The van der Waals surface area contributed by atoms with Crippen molar-refractivity contribution in [1.82, 2.24) is 9.88 Å². The molecule has 1 aromatic heterocycles. The summed E-state index contributed by atoms with van der Waals surface area (Å²) in [6.45, 7) is 10.1. The van der Waals surface area contributed by atoms with Crippen LogP contribution in [0.4, 0.5) is 0 Å². The van der Waals surface area contributed by atoms with Crippen LogP contribution in [0.2, 0.25) is 0 Å². The third-order valence-corrected chi connectivity index (χ3v) is 5.53. The van der Waals surface area contributed by atoms with Gasteiger partial charge in [-0.05, 0) is 81.1 Å². The summed E-state index contributed by atoms with van der Waals surface area (Å²) in [6.07, 6.45) is 1.67. The number of aryl methyl sites for hydroxylation is 3. The minimum absolute atomic E-state index is 0.0955. The van der Waals surface area contributed by atoms with Gasteiger partial charge in [-0.3, -0.25) is 4.79 Å². The van der Waals surface area contributed by atoms with Crippen LogP contribution in [0.3, 0.4) is 0 Å². The molecular formula is C26H27N3O. The van der Waals surface area contributed by atoms with Gasteiger partial charge in [0.15, 0.2) is 0 Å². The topological polar surface area (TPSA) is 57.8 Å². The van der Waals surface area contributed by atoms with Crippen molar-refractivity contribution in [3.05, 3.63) is 93.8 Å². The molecule has 0 saturated heterocycles. The van der Waals surface area contributed by atoms with E-state index in [1.807, 2.05) is 57.2 Å². The third kappa shape index (κ3) is 4.36. The molecule has 1 amide bonds. The van der Waals surface area contributed by atoms with Crippen molar-refractivity contribution in [1.29, 1.82) is 5.26 Å². The van der Waals surface area contributed by atoms with E-state index in [4.69, 9.17) is 0 Å². The zero-order chi connectivity index (χ0) is 21.8. The fourth-order valence-corrected chi connectivity index (χ4v) is 3.60. The molecule has 3 aromatic rings. The van der Waals surface area contributed by atoms with Crippen LogP contribution in [0.25, 0.3) is 11.8 Å². The zero-order valence-corrected chi connectivity index (χ0v) is 18.2. The average Bonchev–Trinajstić information content (AvgIpc) is 3.01. The first-order chi connectivity index (χ1) is 14.3. The maximum atomic E-state index is 12.7. The summed E-state index contributed by atoms with van der Waals surface area (Å²) in [5, 5.41) is 12.5. The van der Waals surface area contributed by atoms with Crippen molar-refractivity contribution in [3.8, 4) is 11.8 Å². The molecule has 0 unspecified atom stereocenters. The van der Waals surface area contributed by atoms with Crippen LogP contribution in [0.1, 0.15) is 46.6 Å². The Morgan fingerprint density at radius 1 is 1.03 bits per heavy atom. The molecule has 0 radical (unpaired) electrons. The van der Waals surface area contributed by atoms with Gasteiger partial charge in [0.2, 0.25) is 0 Å². The first-order valence-electron chi connectivity index (χ1n) is 10.1. The van der Waals surface area contributed by atoms with Crippen LogP contribution in [0.5, 0.6) is 0 Å². The standard InChI is InChI=1S/C26H27N3O/c1-17-11-12-25(13-18(17)2)29-19(3)14-23(21(29)5)15-24(16-27)26(30)28-20(4)22-9-7-6-8-10-22/h6-15,20H,1-5H3,(H,28,30)/b24-15+/t20-/m1/s1. The van der Waals surface area contributed by atoms with Crippen molar-refractivity contribution < 1.29 is 4.79 Å². The van der Waals surface area contributed by atoms with Crippen LogP contribution in [0.15, 0.2) is 60.2 Å². The summed E-state index contributed by atoms with van der Waals surface area (Å²) in [4.78, 5) is 12.7. The van der Waals surface area contributed by atoms with Gasteiger partial charge in [0, 0.05) is 17.1 Å². The Kier molecular flexibility index (Phi) is 6.23. The van der Waals surface area contributed by atoms with E-state index in [0.717, 1.165) is 28.2 Å². The Morgan fingerprint density at radius 3 is 2.37 bits per heavy atom. The minimum Gasteiger partial charge on any atom is -0.345 e. The van der Waals surface area contributed by atoms with Gasteiger partial charge in [-0.25, -0.2) is 0 Å². The molecule has 1 heterocycles. The Bertz CT molecular complexity index is 1150. The molecule has 0 aliphatic heterocycles. The lowest BCUT2D eigenvalue weighted by molar-refractivity contribution is -0.117. The number of hydrogen-bond acceptors (Lipinski definition) is 2. The fourth-order valence-electron chi connectivity index (χ4n) is 3.60. The quantitative estimate of drug-likeness (QED) is 0.457. The molecule has 4 heteroatoms. The van der Waals surface area contributed by atoms with Crippen molar-refractivity contribution >= 4 is 12.0 Å². The second-order valence-corrected chi connectivity index (χ2v) is 7.71. The molecule has 1 atom stereocenters. The highest BCUT2D eigenvalue weighted by Crippen LogP contribution is 2.24.